The molecule has 0 amide bonds. The first-order valence-corrected chi connectivity index (χ1v) is 12.3. The van der Waals surface area contributed by atoms with Crippen LogP contribution < -0.4 is 0 Å². The predicted octanol–water partition coefficient (Wildman–Crippen LogP) is 2.11. The molecule has 0 N–H and O–H groups in total. The van der Waals surface area contributed by atoms with E-state index in [0.29, 0.717) is 37.8 Å². The van der Waals surface area contributed by atoms with Crippen molar-refractivity contribution >= 4 is 16.5 Å². The summed E-state index contributed by atoms with van der Waals surface area (Å²) in [6.45, 7) is 4.47. The van der Waals surface area contributed by atoms with Crippen molar-refractivity contribution in [2.24, 2.45) is 0 Å². The van der Waals surface area contributed by atoms with Crippen molar-refractivity contribution < 1.29 is 38.2 Å². The third-order valence-corrected chi connectivity index (χ3v) is 3.27. The van der Waals surface area contributed by atoms with Gasteiger partial charge in [0, 0.05) is 0 Å². The van der Waals surface area contributed by atoms with E-state index in [4.69, 9.17) is 5.26 Å². The standard InChI is InChI=1S/C4H11O3P.CHNS.Hg/c1-3-6-8(5)7-4-2;2-1-3;/h8H,3-4H2,1-2H3;3H;/q;;+1/p-1. The van der Waals surface area contributed by atoms with Crippen molar-refractivity contribution in [2.75, 3.05) is 13.2 Å². The molecule has 12 heavy (non-hydrogen) atoms. The van der Waals surface area contributed by atoms with Crippen molar-refractivity contribution in [3.8, 4) is 5.40 Å². The Labute approximate surface area is 92.0 Å². The number of thiocyanates is 1. The Bertz CT molecular complexity index is 144. The molecule has 67 valence electrons. The van der Waals surface area contributed by atoms with Crippen LogP contribution in [0.3, 0.4) is 0 Å². The fourth-order valence-electron chi connectivity index (χ4n) is 0.277. The third kappa shape index (κ3) is 17.1. The quantitative estimate of drug-likeness (QED) is 0.414. The number of nitriles is 1. The maximum atomic E-state index is 10.4. The van der Waals surface area contributed by atoms with Gasteiger partial charge in [0.2, 0.25) is 0 Å². The minimum absolute atomic E-state index is 0.456. The van der Waals surface area contributed by atoms with Crippen molar-refractivity contribution in [2.45, 2.75) is 13.8 Å². The molecule has 7 heteroatoms. The van der Waals surface area contributed by atoms with E-state index < -0.39 is 8.25 Å². The molecule has 0 radical (unpaired) electrons. The van der Waals surface area contributed by atoms with Gasteiger partial charge in [-0.15, -0.1) is 0 Å². The van der Waals surface area contributed by atoms with E-state index >= 15 is 0 Å². The van der Waals surface area contributed by atoms with Gasteiger partial charge in [0.15, 0.2) is 0 Å². The van der Waals surface area contributed by atoms with E-state index in [1.807, 2.05) is 5.40 Å². The van der Waals surface area contributed by atoms with Gasteiger partial charge in [-0.25, -0.2) is 0 Å². The molecule has 0 spiro atoms. The molecule has 0 aliphatic carbocycles. The van der Waals surface area contributed by atoms with Gasteiger partial charge in [-0.05, 0) is 13.8 Å². The summed E-state index contributed by atoms with van der Waals surface area (Å²) in [5, 5.41) is 9.57. The van der Waals surface area contributed by atoms with Crippen LogP contribution >= 0.6 is 16.5 Å². The summed E-state index contributed by atoms with van der Waals surface area (Å²) in [7, 11) is -0.785. The van der Waals surface area contributed by atoms with Gasteiger partial charge < -0.3 is 9.05 Å². The van der Waals surface area contributed by atoms with Gasteiger partial charge in [-0.3, -0.25) is 4.57 Å². The zero-order valence-corrected chi connectivity index (χ0v) is 14.5. The Balaban J connectivity index is 0. The number of nitrogens with zero attached hydrogens (tertiary/aromatic N) is 1. The van der Waals surface area contributed by atoms with Crippen LogP contribution in [0.2, 0.25) is 0 Å². The summed E-state index contributed by atoms with van der Waals surface area (Å²) in [6.07, 6.45) is 0. The van der Waals surface area contributed by atoms with Crippen LogP contribution in [0.1, 0.15) is 13.8 Å². The third-order valence-electron chi connectivity index (χ3n) is 0.589. The molecule has 4 nitrogen and oxygen atoms in total. The molecule has 0 aromatic heterocycles. The Kier molecular flexibility index (Phi) is 18.5. The van der Waals surface area contributed by atoms with E-state index in [2.05, 4.69) is 9.05 Å². The van der Waals surface area contributed by atoms with Gasteiger partial charge in [0.05, 0.1) is 13.2 Å². The molecule has 0 aromatic rings. The maximum absolute atomic E-state index is 10.4. The molecule has 0 bridgehead atoms. The van der Waals surface area contributed by atoms with E-state index in [-0.39, 0.29) is 0 Å². The monoisotopic (exact) mass is 398 g/mol. The van der Waals surface area contributed by atoms with Crippen LogP contribution in [0.5, 0.6) is 0 Å². The van der Waals surface area contributed by atoms with E-state index in [1.165, 1.54) is 8.24 Å². The van der Waals surface area contributed by atoms with Crippen molar-refractivity contribution in [3.63, 3.8) is 0 Å². The van der Waals surface area contributed by atoms with Crippen molar-refractivity contribution in [3.05, 3.63) is 0 Å². The molecule has 0 aliphatic rings. The number of hydrogen-bond donors (Lipinski definition) is 0. The molecule has 0 aromatic carbocycles. The molecule has 0 rings (SSSR count). The summed E-state index contributed by atoms with van der Waals surface area (Å²) in [6, 6.07) is 0. The Morgan fingerprint density at radius 3 is 2.00 bits per heavy atom. The van der Waals surface area contributed by atoms with Gasteiger partial charge >= 0.3 is 51.8 Å². The second-order valence-electron chi connectivity index (χ2n) is 1.35. The Hall–Kier alpha value is 0.925. The molecule has 0 aliphatic heterocycles. The zero-order chi connectivity index (χ0) is 9.82. The number of rotatable bonds is 4. The Morgan fingerprint density at radius 1 is 1.50 bits per heavy atom. The Morgan fingerprint density at radius 2 is 1.83 bits per heavy atom. The SMILES string of the molecule is CCO[PH](=O)OCC.N#C[S][Hg]. The summed E-state index contributed by atoms with van der Waals surface area (Å²) in [5.41, 5.74) is 0. The number of hydrogen-bond acceptors (Lipinski definition) is 5. The van der Waals surface area contributed by atoms with Gasteiger partial charge in [-0.2, -0.15) is 0 Å². The second kappa shape index (κ2) is 14.4. The second-order valence-corrected chi connectivity index (χ2v) is 6.27. The van der Waals surface area contributed by atoms with Crippen LogP contribution in [0.15, 0.2) is 0 Å². The van der Waals surface area contributed by atoms with Crippen LogP contribution in [0, 0.1) is 10.7 Å². The topological polar surface area (TPSA) is 59.3 Å². The fraction of sp³-hybridized carbons (Fsp3) is 0.800. The van der Waals surface area contributed by atoms with E-state index in [0.717, 1.165) is 0 Å². The summed E-state index contributed by atoms with van der Waals surface area (Å²) in [5.74, 6) is 0. The molecular weight excluding hydrogens is 386 g/mol. The molecule has 0 saturated heterocycles. The average molecular weight is 397 g/mol. The van der Waals surface area contributed by atoms with Gasteiger partial charge in [0.25, 0.3) is 0 Å². The van der Waals surface area contributed by atoms with Crippen molar-refractivity contribution in [1.82, 2.24) is 0 Å². The fourth-order valence-corrected chi connectivity index (χ4v) is 0.832. The minimum atomic E-state index is -2.14. The summed E-state index contributed by atoms with van der Waals surface area (Å²) in [4.78, 5) is 0. The molecule has 0 fully saturated rings. The molecule has 0 atom stereocenters. The van der Waals surface area contributed by atoms with Crippen LogP contribution in [0.4, 0.5) is 0 Å². The summed E-state index contributed by atoms with van der Waals surface area (Å²) < 4.78 is 19.6. The first-order valence-electron chi connectivity index (χ1n) is 3.32. The molecule has 0 saturated carbocycles. The van der Waals surface area contributed by atoms with Gasteiger partial charge in [0.1, 0.15) is 0 Å². The van der Waals surface area contributed by atoms with E-state index in [1.54, 1.807) is 13.8 Å². The van der Waals surface area contributed by atoms with E-state index in [9.17, 15) is 4.57 Å². The zero-order valence-electron chi connectivity index (χ0n) is 7.20. The average Bonchev–Trinajstić information content (AvgIpc) is 2.06. The van der Waals surface area contributed by atoms with Crippen LogP contribution in [0.25, 0.3) is 0 Å². The molecular formula is C5H11HgNO3PS. The normalized spacial score (nSPS) is 8.67. The van der Waals surface area contributed by atoms with Crippen LogP contribution in [-0.2, 0) is 38.2 Å². The first kappa shape index (κ1) is 15.4. The predicted molar refractivity (Wildman–Crippen MR) is 45.5 cm³/mol. The molecule has 0 heterocycles. The van der Waals surface area contributed by atoms with Gasteiger partial charge in [-0.1, -0.05) is 0 Å². The summed E-state index contributed by atoms with van der Waals surface area (Å²) >= 11 is 0.629. The molecule has 0 unspecified atom stereocenters. The van der Waals surface area contributed by atoms with Crippen molar-refractivity contribution in [1.29, 1.82) is 5.26 Å². The first-order chi connectivity index (χ1) is 5.72. The van der Waals surface area contributed by atoms with Crippen LogP contribution in [-0.4, -0.2) is 13.2 Å².